The van der Waals surface area contributed by atoms with Gasteiger partial charge in [-0.2, -0.15) is 0 Å². The molecule has 0 bridgehead atoms. The molecule has 1 aromatic carbocycles. The number of likely N-dealkylation sites (N-methyl/N-ethyl adjacent to an activating group) is 1. The number of hydrogen-bond donors (Lipinski definition) is 2. The summed E-state index contributed by atoms with van der Waals surface area (Å²) in [6.07, 6.45) is -2.51. The van der Waals surface area contributed by atoms with Crippen LogP contribution in [-0.4, -0.2) is 36.9 Å². The first kappa shape index (κ1) is 16.9. The summed E-state index contributed by atoms with van der Waals surface area (Å²) in [4.78, 5) is 13.2. The number of anilines is 2. The number of nitrogen functional groups attached to an aromatic ring is 1. The van der Waals surface area contributed by atoms with Crippen LogP contribution in [0.15, 0.2) is 12.1 Å². The summed E-state index contributed by atoms with van der Waals surface area (Å²) in [5.41, 5.74) is 6.14. The maximum atomic E-state index is 12.3. The average Bonchev–Trinajstić information content (AvgIpc) is 2.31. The summed E-state index contributed by atoms with van der Waals surface area (Å²) in [6, 6.07) is 2.12. The highest BCUT2D eigenvalue weighted by Gasteiger charge is 2.22. The zero-order valence-corrected chi connectivity index (χ0v) is 12.5. The van der Waals surface area contributed by atoms with E-state index in [-0.39, 0.29) is 16.4 Å². The van der Waals surface area contributed by atoms with Gasteiger partial charge >= 0.3 is 0 Å². The SMILES string of the molecule is CC(C(=O)Nc1c(N)cc(Cl)cc1Cl)N(C)CC(F)F. The molecule has 0 aliphatic rings. The molecule has 0 fully saturated rings. The van der Waals surface area contributed by atoms with E-state index < -0.39 is 24.9 Å². The number of nitrogens with one attached hydrogen (secondary N) is 1. The van der Waals surface area contributed by atoms with Crippen molar-refractivity contribution in [1.29, 1.82) is 0 Å². The second kappa shape index (κ2) is 7.06. The molecule has 0 aliphatic carbocycles. The number of hydrogen-bond acceptors (Lipinski definition) is 3. The Morgan fingerprint density at radius 1 is 1.45 bits per heavy atom. The number of halogens is 4. The Balaban J connectivity index is 2.81. The van der Waals surface area contributed by atoms with Crippen molar-refractivity contribution >= 4 is 40.5 Å². The second-order valence-corrected chi connectivity index (χ2v) is 5.19. The first-order chi connectivity index (χ1) is 9.22. The Bertz CT molecular complexity index is 477. The maximum absolute atomic E-state index is 12.3. The van der Waals surface area contributed by atoms with E-state index >= 15 is 0 Å². The molecule has 0 heterocycles. The lowest BCUT2D eigenvalue weighted by Crippen LogP contribution is -2.41. The van der Waals surface area contributed by atoms with Crippen LogP contribution in [0.4, 0.5) is 20.2 Å². The predicted octanol–water partition coefficient (Wildman–Crippen LogP) is 3.10. The largest absolute Gasteiger partial charge is 0.397 e. The van der Waals surface area contributed by atoms with Crippen molar-refractivity contribution in [3.05, 3.63) is 22.2 Å². The molecule has 3 N–H and O–H groups in total. The normalized spacial score (nSPS) is 12.8. The van der Waals surface area contributed by atoms with Crippen molar-refractivity contribution in [2.75, 3.05) is 24.6 Å². The molecule has 8 heteroatoms. The Morgan fingerprint density at radius 2 is 2.05 bits per heavy atom. The van der Waals surface area contributed by atoms with Gasteiger partial charge in [0, 0.05) is 5.02 Å². The molecule has 0 aliphatic heterocycles. The number of nitrogens with two attached hydrogens (primary N) is 1. The summed E-state index contributed by atoms with van der Waals surface area (Å²) in [5, 5.41) is 3.05. The minimum absolute atomic E-state index is 0.187. The lowest BCUT2D eigenvalue weighted by atomic mass is 10.2. The third-order valence-electron chi connectivity index (χ3n) is 2.80. The smallest absolute Gasteiger partial charge is 0.251 e. The molecule has 1 rings (SSSR count). The van der Waals surface area contributed by atoms with Gasteiger partial charge in [-0.1, -0.05) is 23.2 Å². The molecule has 112 valence electrons. The monoisotopic (exact) mass is 325 g/mol. The number of nitrogens with zero attached hydrogens (tertiary/aromatic N) is 1. The van der Waals surface area contributed by atoms with Gasteiger partial charge in [0.2, 0.25) is 5.91 Å². The number of rotatable bonds is 5. The average molecular weight is 326 g/mol. The van der Waals surface area contributed by atoms with E-state index in [1.807, 2.05) is 0 Å². The minimum atomic E-state index is -2.51. The molecule has 0 spiro atoms. The standard InChI is InChI=1S/C12H15Cl2F2N3O/c1-6(19(2)5-10(15)16)12(20)18-11-8(14)3-7(13)4-9(11)17/h3-4,6,10H,5,17H2,1-2H3,(H,18,20). The van der Waals surface area contributed by atoms with E-state index in [2.05, 4.69) is 5.32 Å². The quantitative estimate of drug-likeness (QED) is 0.818. The van der Waals surface area contributed by atoms with Crippen LogP contribution in [0, 0.1) is 0 Å². The predicted molar refractivity (Wildman–Crippen MR) is 77.6 cm³/mol. The highest BCUT2D eigenvalue weighted by Crippen LogP contribution is 2.32. The molecule has 0 aromatic heterocycles. The van der Waals surface area contributed by atoms with Crippen LogP contribution in [0.1, 0.15) is 6.92 Å². The van der Waals surface area contributed by atoms with Crippen LogP contribution < -0.4 is 11.1 Å². The van der Waals surface area contributed by atoms with Crippen LogP contribution in [0.5, 0.6) is 0 Å². The minimum Gasteiger partial charge on any atom is -0.397 e. The fraction of sp³-hybridized carbons (Fsp3) is 0.417. The summed E-state index contributed by atoms with van der Waals surface area (Å²) in [5.74, 6) is -0.482. The van der Waals surface area contributed by atoms with Crippen molar-refractivity contribution in [2.45, 2.75) is 19.4 Å². The van der Waals surface area contributed by atoms with E-state index in [0.717, 1.165) is 0 Å². The van der Waals surface area contributed by atoms with Crippen LogP contribution >= 0.6 is 23.2 Å². The zero-order chi connectivity index (χ0) is 15.4. The molecule has 1 atom stereocenters. The van der Waals surface area contributed by atoms with Crippen LogP contribution in [0.2, 0.25) is 10.0 Å². The van der Waals surface area contributed by atoms with Gasteiger partial charge in [-0.25, -0.2) is 8.78 Å². The number of alkyl halides is 2. The summed E-state index contributed by atoms with van der Waals surface area (Å²) < 4.78 is 24.6. The Hall–Kier alpha value is -1.11. The fourth-order valence-electron chi connectivity index (χ4n) is 1.53. The summed E-state index contributed by atoms with van der Waals surface area (Å²) >= 11 is 11.7. The molecule has 20 heavy (non-hydrogen) atoms. The molecule has 4 nitrogen and oxygen atoms in total. The Morgan fingerprint density at radius 3 is 2.55 bits per heavy atom. The van der Waals surface area contributed by atoms with Crippen molar-refractivity contribution < 1.29 is 13.6 Å². The zero-order valence-electron chi connectivity index (χ0n) is 11.0. The number of carbonyl (C=O) groups is 1. The van der Waals surface area contributed by atoms with Gasteiger partial charge in [0.25, 0.3) is 6.43 Å². The van der Waals surface area contributed by atoms with E-state index in [1.165, 1.54) is 31.0 Å². The Kier molecular flexibility index (Phi) is 5.98. The van der Waals surface area contributed by atoms with Crippen molar-refractivity contribution in [2.24, 2.45) is 0 Å². The van der Waals surface area contributed by atoms with Crippen molar-refractivity contribution in [3.8, 4) is 0 Å². The summed E-state index contributed by atoms with van der Waals surface area (Å²) in [7, 11) is 1.43. The molecular formula is C12H15Cl2F2N3O. The first-order valence-corrected chi connectivity index (χ1v) is 6.51. The number of benzene rings is 1. The number of carbonyl (C=O) groups excluding carboxylic acids is 1. The molecule has 0 saturated carbocycles. The molecule has 0 saturated heterocycles. The molecule has 1 amide bonds. The van der Waals surface area contributed by atoms with E-state index in [0.29, 0.717) is 5.02 Å². The van der Waals surface area contributed by atoms with E-state index in [9.17, 15) is 13.6 Å². The van der Waals surface area contributed by atoms with Gasteiger partial charge in [0.1, 0.15) is 0 Å². The maximum Gasteiger partial charge on any atom is 0.251 e. The van der Waals surface area contributed by atoms with Crippen LogP contribution in [0.25, 0.3) is 0 Å². The van der Waals surface area contributed by atoms with Crippen LogP contribution in [-0.2, 0) is 4.79 Å². The third-order valence-corrected chi connectivity index (χ3v) is 3.32. The third kappa shape index (κ3) is 4.47. The van der Waals surface area contributed by atoms with Crippen molar-refractivity contribution in [1.82, 2.24) is 4.90 Å². The highest BCUT2D eigenvalue weighted by molar-refractivity contribution is 6.37. The lowest BCUT2D eigenvalue weighted by molar-refractivity contribution is -0.120. The fourth-order valence-corrected chi connectivity index (χ4v) is 2.09. The molecular weight excluding hydrogens is 311 g/mol. The van der Waals surface area contributed by atoms with Gasteiger partial charge in [-0.15, -0.1) is 0 Å². The lowest BCUT2D eigenvalue weighted by Gasteiger charge is -2.23. The topological polar surface area (TPSA) is 58.4 Å². The first-order valence-electron chi connectivity index (χ1n) is 5.76. The van der Waals surface area contributed by atoms with E-state index in [4.69, 9.17) is 28.9 Å². The summed E-state index contributed by atoms with van der Waals surface area (Å²) in [6.45, 7) is 1.01. The van der Waals surface area contributed by atoms with Crippen molar-refractivity contribution in [3.63, 3.8) is 0 Å². The van der Waals surface area contributed by atoms with Gasteiger partial charge in [-0.3, -0.25) is 9.69 Å². The highest BCUT2D eigenvalue weighted by atomic mass is 35.5. The van der Waals surface area contributed by atoms with Gasteiger partial charge in [0.05, 0.1) is 29.0 Å². The number of amides is 1. The van der Waals surface area contributed by atoms with Gasteiger partial charge in [-0.05, 0) is 26.1 Å². The van der Waals surface area contributed by atoms with E-state index in [1.54, 1.807) is 0 Å². The molecule has 0 radical (unpaired) electrons. The molecule has 1 unspecified atom stereocenters. The molecule has 1 aromatic rings. The van der Waals surface area contributed by atoms with Crippen LogP contribution in [0.3, 0.4) is 0 Å². The van der Waals surface area contributed by atoms with Gasteiger partial charge < -0.3 is 11.1 Å². The second-order valence-electron chi connectivity index (χ2n) is 4.35. The van der Waals surface area contributed by atoms with Gasteiger partial charge in [0.15, 0.2) is 0 Å². The Labute approximate surface area is 125 Å².